The minimum absolute atomic E-state index is 0.0578. The number of hydrogen-bond acceptors (Lipinski definition) is 5. The van der Waals surface area contributed by atoms with Crippen LogP contribution in [0, 0.1) is 18.8 Å². The Kier molecular flexibility index (Phi) is 5.06. The number of aromatic nitrogens is 2. The van der Waals surface area contributed by atoms with Crippen LogP contribution in [-0.4, -0.2) is 35.5 Å². The number of carbonyl (C=O) groups is 1. The van der Waals surface area contributed by atoms with Crippen molar-refractivity contribution in [1.29, 1.82) is 0 Å². The number of piperidine rings is 1. The summed E-state index contributed by atoms with van der Waals surface area (Å²) in [5.74, 6) is 1.32. The second-order valence-electron chi connectivity index (χ2n) is 8.56. The van der Waals surface area contributed by atoms with Crippen molar-refractivity contribution in [1.82, 2.24) is 15.3 Å². The Labute approximate surface area is 179 Å². The first-order valence-electron chi connectivity index (χ1n) is 10.7. The van der Waals surface area contributed by atoms with E-state index in [0.29, 0.717) is 23.1 Å². The van der Waals surface area contributed by atoms with Crippen LogP contribution < -0.4 is 15.8 Å². The summed E-state index contributed by atoms with van der Waals surface area (Å²) in [6.07, 6.45) is 4.25. The molecular weight excluding hydrogens is 396 g/mol. The highest BCUT2D eigenvalue weighted by molar-refractivity contribution is 7.17. The number of amides is 1. The average Bonchev–Trinajstić information content (AvgIpc) is 3.50. The Morgan fingerprint density at radius 1 is 1.27 bits per heavy atom. The molecule has 1 atom stereocenters. The van der Waals surface area contributed by atoms with E-state index in [1.807, 2.05) is 5.38 Å². The number of hydrogen-bond donors (Lipinski definition) is 2. The molecule has 3 aromatic rings. The van der Waals surface area contributed by atoms with Gasteiger partial charge in [-0.1, -0.05) is 29.8 Å². The molecule has 1 aromatic carbocycles. The first kappa shape index (κ1) is 19.3. The fourth-order valence-electron chi connectivity index (χ4n) is 4.10. The molecule has 5 rings (SSSR count). The second-order valence-corrected chi connectivity index (χ2v) is 9.44. The molecule has 1 saturated carbocycles. The second kappa shape index (κ2) is 7.87. The molecule has 2 fully saturated rings. The van der Waals surface area contributed by atoms with Gasteiger partial charge in [0.1, 0.15) is 4.70 Å². The van der Waals surface area contributed by atoms with E-state index in [0.717, 1.165) is 42.6 Å². The van der Waals surface area contributed by atoms with Gasteiger partial charge >= 0.3 is 0 Å². The van der Waals surface area contributed by atoms with Crippen molar-refractivity contribution in [3.63, 3.8) is 0 Å². The molecule has 1 aliphatic carbocycles. The zero-order chi connectivity index (χ0) is 20.7. The maximum absolute atomic E-state index is 12.7. The SMILES string of the molecule is Cc1ccc(-c2csc3c(=O)[nH]c(N4CCCC(C(=O)NCC5CC5)C4)nc23)cc1. The molecule has 0 radical (unpaired) electrons. The lowest BCUT2D eigenvalue weighted by atomic mass is 9.97. The number of anilines is 1. The topological polar surface area (TPSA) is 78.1 Å². The van der Waals surface area contributed by atoms with E-state index in [1.54, 1.807) is 0 Å². The fourth-order valence-corrected chi connectivity index (χ4v) is 5.01. The molecule has 2 N–H and O–H groups in total. The standard InChI is InChI=1S/C23H26N4O2S/c1-14-4-8-16(9-5-14)18-13-30-20-19(18)25-23(26-22(20)29)27-10-2-3-17(12-27)21(28)24-11-15-6-7-15/h4-5,8-9,13,15,17H,2-3,6-7,10-12H2,1H3,(H,24,28)(H,25,26,29). The molecule has 1 amide bonds. The third kappa shape index (κ3) is 3.86. The quantitative estimate of drug-likeness (QED) is 0.657. The van der Waals surface area contributed by atoms with Crippen LogP contribution in [0.25, 0.3) is 21.3 Å². The summed E-state index contributed by atoms with van der Waals surface area (Å²) < 4.78 is 0.644. The van der Waals surface area contributed by atoms with Crippen molar-refractivity contribution in [2.75, 3.05) is 24.5 Å². The van der Waals surface area contributed by atoms with Crippen LogP contribution in [0.2, 0.25) is 0 Å². The molecule has 0 spiro atoms. The Morgan fingerprint density at radius 3 is 2.83 bits per heavy atom. The summed E-state index contributed by atoms with van der Waals surface area (Å²) in [4.78, 5) is 35.2. The third-order valence-corrected chi connectivity index (χ3v) is 7.10. The zero-order valence-corrected chi connectivity index (χ0v) is 17.9. The lowest BCUT2D eigenvalue weighted by Gasteiger charge is -2.32. The first-order valence-corrected chi connectivity index (χ1v) is 11.6. The number of carbonyl (C=O) groups excluding carboxylic acids is 1. The number of H-pyrrole nitrogens is 1. The van der Waals surface area contributed by atoms with E-state index in [9.17, 15) is 9.59 Å². The highest BCUT2D eigenvalue weighted by Crippen LogP contribution is 2.32. The molecular formula is C23H26N4O2S. The molecule has 156 valence electrons. The van der Waals surface area contributed by atoms with Crippen LogP contribution in [0.5, 0.6) is 0 Å². The molecule has 2 aromatic heterocycles. The predicted octanol–water partition coefficient (Wildman–Crippen LogP) is 3.70. The lowest BCUT2D eigenvalue weighted by Crippen LogP contribution is -2.44. The minimum Gasteiger partial charge on any atom is -0.356 e. The molecule has 3 heterocycles. The number of aromatic amines is 1. The smallest absolute Gasteiger partial charge is 0.270 e. The van der Waals surface area contributed by atoms with Gasteiger partial charge in [-0.05, 0) is 44.1 Å². The van der Waals surface area contributed by atoms with E-state index in [4.69, 9.17) is 4.98 Å². The summed E-state index contributed by atoms with van der Waals surface area (Å²) in [7, 11) is 0. The van der Waals surface area contributed by atoms with Gasteiger partial charge in [-0.15, -0.1) is 11.3 Å². The molecule has 6 nitrogen and oxygen atoms in total. The van der Waals surface area contributed by atoms with E-state index < -0.39 is 0 Å². The van der Waals surface area contributed by atoms with Crippen molar-refractivity contribution in [3.05, 3.63) is 45.6 Å². The summed E-state index contributed by atoms with van der Waals surface area (Å²) in [6.45, 7) is 4.25. The van der Waals surface area contributed by atoms with Crippen LogP contribution in [0.15, 0.2) is 34.4 Å². The van der Waals surface area contributed by atoms with E-state index in [1.165, 1.54) is 29.7 Å². The molecule has 1 aliphatic heterocycles. The molecule has 1 saturated heterocycles. The maximum Gasteiger partial charge on any atom is 0.270 e. The number of fused-ring (bicyclic) bond motifs is 1. The summed E-state index contributed by atoms with van der Waals surface area (Å²) in [5, 5.41) is 5.11. The first-order chi connectivity index (χ1) is 14.6. The van der Waals surface area contributed by atoms with Gasteiger partial charge in [-0.3, -0.25) is 14.6 Å². The van der Waals surface area contributed by atoms with Gasteiger partial charge < -0.3 is 10.2 Å². The number of rotatable bonds is 5. The van der Waals surface area contributed by atoms with Crippen LogP contribution in [0.4, 0.5) is 5.95 Å². The maximum atomic E-state index is 12.7. The lowest BCUT2D eigenvalue weighted by molar-refractivity contribution is -0.125. The molecule has 30 heavy (non-hydrogen) atoms. The van der Waals surface area contributed by atoms with Crippen LogP contribution >= 0.6 is 11.3 Å². The number of nitrogens with one attached hydrogen (secondary N) is 2. The number of nitrogens with zero attached hydrogens (tertiary/aromatic N) is 2. The van der Waals surface area contributed by atoms with Crippen molar-refractivity contribution in [2.24, 2.45) is 11.8 Å². The van der Waals surface area contributed by atoms with Crippen LogP contribution in [-0.2, 0) is 4.79 Å². The minimum atomic E-state index is -0.112. The number of aryl methyl sites for hydroxylation is 1. The largest absolute Gasteiger partial charge is 0.356 e. The Bertz CT molecular complexity index is 1130. The van der Waals surface area contributed by atoms with Gasteiger partial charge in [0.2, 0.25) is 11.9 Å². The van der Waals surface area contributed by atoms with Gasteiger partial charge in [0.05, 0.1) is 11.4 Å². The van der Waals surface area contributed by atoms with Crippen LogP contribution in [0.3, 0.4) is 0 Å². The highest BCUT2D eigenvalue weighted by atomic mass is 32.1. The van der Waals surface area contributed by atoms with Gasteiger partial charge in [-0.2, -0.15) is 0 Å². The Hall–Kier alpha value is -2.67. The van der Waals surface area contributed by atoms with Crippen molar-refractivity contribution >= 4 is 33.4 Å². The Morgan fingerprint density at radius 2 is 2.07 bits per heavy atom. The molecule has 1 unspecified atom stereocenters. The molecule has 0 bridgehead atoms. The van der Waals surface area contributed by atoms with Gasteiger partial charge in [0.15, 0.2) is 0 Å². The molecule has 2 aliphatic rings. The van der Waals surface area contributed by atoms with Gasteiger partial charge in [0, 0.05) is 30.6 Å². The number of thiophene rings is 1. The average molecular weight is 423 g/mol. The summed E-state index contributed by atoms with van der Waals surface area (Å²) in [5.41, 5.74) is 3.87. The van der Waals surface area contributed by atoms with Crippen LogP contribution in [0.1, 0.15) is 31.2 Å². The van der Waals surface area contributed by atoms with Crippen molar-refractivity contribution in [2.45, 2.75) is 32.6 Å². The Balaban J connectivity index is 1.42. The fraction of sp³-hybridized carbons (Fsp3) is 0.435. The highest BCUT2D eigenvalue weighted by Gasteiger charge is 2.29. The van der Waals surface area contributed by atoms with E-state index in [-0.39, 0.29) is 17.4 Å². The summed E-state index contributed by atoms with van der Waals surface area (Å²) >= 11 is 1.43. The normalized spacial score (nSPS) is 19.2. The molecule has 7 heteroatoms. The number of benzene rings is 1. The van der Waals surface area contributed by atoms with Gasteiger partial charge in [0.25, 0.3) is 5.56 Å². The van der Waals surface area contributed by atoms with E-state index in [2.05, 4.69) is 46.4 Å². The summed E-state index contributed by atoms with van der Waals surface area (Å²) in [6, 6.07) is 8.28. The van der Waals surface area contributed by atoms with Gasteiger partial charge in [-0.25, -0.2) is 4.98 Å². The predicted molar refractivity (Wildman–Crippen MR) is 121 cm³/mol. The third-order valence-electron chi connectivity index (χ3n) is 6.13. The van der Waals surface area contributed by atoms with Crippen molar-refractivity contribution < 1.29 is 4.79 Å². The monoisotopic (exact) mass is 422 g/mol. The zero-order valence-electron chi connectivity index (χ0n) is 17.1. The van der Waals surface area contributed by atoms with Crippen molar-refractivity contribution in [3.8, 4) is 11.1 Å². The van der Waals surface area contributed by atoms with E-state index >= 15 is 0 Å².